The lowest BCUT2D eigenvalue weighted by atomic mass is 10.1. The number of nitrogens with zero attached hydrogens (tertiary/aromatic N) is 5. The Bertz CT molecular complexity index is 1010. The molecule has 0 radical (unpaired) electrons. The van der Waals surface area contributed by atoms with Crippen molar-refractivity contribution in [2.45, 2.75) is 36.5 Å². The lowest BCUT2D eigenvalue weighted by molar-refractivity contribution is 0.128. The number of sulfonamides is 1. The molecule has 28 heavy (non-hydrogen) atoms. The van der Waals surface area contributed by atoms with E-state index in [0.717, 1.165) is 11.3 Å². The first-order valence-electron chi connectivity index (χ1n) is 9.15. The van der Waals surface area contributed by atoms with Crippen LogP contribution in [0.4, 0.5) is 0 Å². The van der Waals surface area contributed by atoms with Crippen LogP contribution in [0.1, 0.15) is 24.6 Å². The summed E-state index contributed by atoms with van der Waals surface area (Å²) in [7, 11) is -3.42. The third kappa shape index (κ3) is 3.94. The molecule has 3 aromatic rings. The molecule has 0 unspecified atom stereocenters. The summed E-state index contributed by atoms with van der Waals surface area (Å²) in [5, 5.41) is 12.3. The van der Waals surface area contributed by atoms with Gasteiger partial charge in [0.05, 0.1) is 0 Å². The third-order valence-corrected chi connectivity index (χ3v) is 8.23. The Balaban J connectivity index is 1.35. The van der Waals surface area contributed by atoms with Gasteiger partial charge in [0.1, 0.15) is 10.3 Å². The predicted molar refractivity (Wildman–Crippen MR) is 105 cm³/mol. The molecule has 1 aliphatic heterocycles. The van der Waals surface area contributed by atoms with Crippen LogP contribution in [0, 0.1) is 0 Å². The quantitative estimate of drug-likeness (QED) is 0.610. The number of aryl methyl sites for hydroxylation is 1. The van der Waals surface area contributed by atoms with Gasteiger partial charge in [0.2, 0.25) is 5.88 Å². The summed E-state index contributed by atoms with van der Waals surface area (Å²) in [4.78, 5) is 1.08. The number of ether oxygens (including phenoxy) is 1. The zero-order valence-corrected chi connectivity index (χ0v) is 17.1. The van der Waals surface area contributed by atoms with E-state index < -0.39 is 10.0 Å². The molecule has 8 nitrogen and oxygen atoms in total. The SMILES string of the molecule is CCc1ccc(S(=O)(=O)N2CCC(Oc3ccc(-n4cccn4)nn3)CC2)s1. The van der Waals surface area contributed by atoms with Gasteiger partial charge in [-0.25, -0.2) is 13.1 Å². The van der Waals surface area contributed by atoms with E-state index in [1.807, 2.05) is 19.1 Å². The van der Waals surface area contributed by atoms with Crippen molar-refractivity contribution < 1.29 is 13.2 Å². The first-order valence-corrected chi connectivity index (χ1v) is 11.4. The molecule has 1 fully saturated rings. The Labute approximate surface area is 167 Å². The lowest BCUT2D eigenvalue weighted by Crippen LogP contribution is -2.41. The fourth-order valence-electron chi connectivity index (χ4n) is 3.08. The van der Waals surface area contributed by atoms with E-state index in [4.69, 9.17) is 4.74 Å². The van der Waals surface area contributed by atoms with Crippen LogP contribution in [0.2, 0.25) is 0 Å². The smallest absolute Gasteiger partial charge is 0.252 e. The van der Waals surface area contributed by atoms with Crippen molar-refractivity contribution in [3.63, 3.8) is 0 Å². The van der Waals surface area contributed by atoms with Crippen molar-refractivity contribution in [1.82, 2.24) is 24.3 Å². The molecule has 1 aliphatic rings. The molecule has 0 amide bonds. The fraction of sp³-hybridized carbons (Fsp3) is 0.389. The van der Waals surface area contributed by atoms with Crippen LogP contribution >= 0.6 is 11.3 Å². The summed E-state index contributed by atoms with van der Waals surface area (Å²) in [5.41, 5.74) is 0. The van der Waals surface area contributed by atoms with Crippen molar-refractivity contribution in [1.29, 1.82) is 0 Å². The van der Waals surface area contributed by atoms with Gasteiger partial charge in [-0.3, -0.25) is 0 Å². The molecule has 4 rings (SSSR count). The lowest BCUT2D eigenvalue weighted by Gasteiger charge is -2.30. The van der Waals surface area contributed by atoms with Gasteiger partial charge in [0.15, 0.2) is 5.82 Å². The number of thiophene rings is 1. The second-order valence-corrected chi connectivity index (χ2v) is 9.81. The van der Waals surface area contributed by atoms with Gasteiger partial charge in [-0.1, -0.05) is 6.92 Å². The zero-order valence-electron chi connectivity index (χ0n) is 15.4. The fourth-order valence-corrected chi connectivity index (χ4v) is 6.00. The molecule has 1 saturated heterocycles. The second-order valence-electron chi connectivity index (χ2n) is 6.48. The van der Waals surface area contributed by atoms with E-state index in [9.17, 15) is 8.42 Å². The Morgan fingerprint density at radius 3 is 2.61 bits per heavy atom. The van der Waals surface area contributed by atoms with Gasteiger partial charge in [-0.2, -0.15) is 9.40 Å². The zero-order chi connectivity index (χ0) is 19.6. The van der Waals surface area contributed by atoms with Gasteiger partial charge in [-0.15, -0.1) is 21.5 Å². The summed E-state index contributed by atoms with van der Waals surface area (Å²) in [6.45, 7) is 2.89. The van der Waals surface area contributed by atoms with Crippen molar-refractivity contribution in [2.24, 2.45) is 0 Å². The summed E-state index contributed by atoms with van der Waals surface area (Å²) in [6, 6.07) is 8.95. The molecule has 148 valence electrons. The molecule has 0 saturated carbocycles. The van der Waals surface area contributed by atoms with Crippen molar-refractivity contribution in [3.8, 4) is 11.7 Å². The number of aromatic nitrogens is 4. The number of hydrogen-bond acceptors (Lipinski definition) is 7. The Morgan fingerprint density at radius 1 is 1.18 bits per heavy atom. The highest BCUT2D eigenvalue weighted by Gasteiger charge is 2.31. The van der Waals surface area contributed by atoms with Gasteiger partial charge < -0.3 is 4.74 Å². The minimum Gasteiger partial charge on any atom is -0.473 e. The average molecular weight is 420 g/mol. The number of rotatable bonds is 6. The predicted octanol–water partition coefficient (Wildman–Crippen LogP) is 2.52. The normalized spacial score (nSPS) is 16.3. The maximum absolute atomic E-state index is 12.8. The highest BCUT2D eigenvalue weighted by Crippen LogP contribution is 2.28. The third-order valence-electron chi connectivity index (χ3n) is 4.63. The first-order chi connectivity index (χ1) is 13.6. The molecule has 4 heterocycles. The average Bonchev–Trinajstić information content (AvgIpc) is 3.41. The molecular weight excluding hydrogens is 398 g/mol. The second kappa shape index (κ2) is 7.98. The molecular formula is C18H21N5O3S2. The van der Waals surface area contributed by atoms with Gasteiger partial charge >= 0.3 is 0 Å². The van der Waals surface area contributed by atoms with E-state index in [1.165, 1.54) is 11.3 Å². The van der Waals surface area contributed by atoms with Gasteiger partial charge in [0.25, 0.3) is 10.0 Å². The maximum atomic E-state index is 12.8. The summed E-state index contributed by atoms with van der Waals surface area (Å²) < 4.78 is 35.1. The summed E-state index contributed by atoms with van der Waals surface area (Å²) >= 11 is 1.35. The van der Waals surface area contributed by atoms with E-state index >= 15 is 0 Å². The van der Waals surface area contributed by atoms with E-state index in [-0.39, 0.29) is 6.10 Å². The minimum absolute atomic E-state index is 0.0779. The van der Waals surface area contributed by atoms with Gasteiger partial charge in [-0.05, 0) is 43.5 Å². The van der Waals surface area contributed by atoms with Crippen molar-refractivity contribution >= 4 is 21.4 Å². The van der Waals surface area contributed by atoms with Crippen LogP contribution in [0.3, 0.4) is 0 Å². The Hall–Kier alpha value is -2.30. The number of hydrogen-bond donors (Lipinski definition) is 0. The Kier molecular flexibility index (Phi) is 5.42. The topological polar surface area (TPSA) is 90.2 Å². The van der Waals surface area contributed by atoms with E-state index in [0.29, 0.717) is 41.8 Å². The van der Waals surface area contributed by atoms with Crippen LogP contribution in [-0.4, -0.2) is 51.9 Å². The highest BCUT2D eigenvalue weighted by molar-refractivity contribution is 7.91. The first kappa shape index (κ1) is 19.0. The molecule has 0 aromatic carbocycles. The molecule has 0 N–H and O–H groups in total. The highest BCUT2D eigenvalue weighted by atomic mass is 32.2. The maximum Gasteiger partial charge on any atom is 0.252 e. The van der Waals surface area contributed by atoms with Gasteiger partial charge in [0, 0.05) is 36.4 Å². The molecule has 0 aliphatic carbocycles. The van der Waals surface area contributed by atoms with Crippen molar-refractivity contribution in [3.05, 3.63) is 47.6 Å². The van der Waals surface area contributed by atoms with Crippen molar-refractivity contribution in [2.75, 3.05) is 13.1 Å². The van der Waals surface area contributed by atoms with Crippen LogP contribution in [0.5, 0.6) is 5.88 Å². The summed E-state index contributed by atoms with van der Waals surface area (Å²) in [5.74, 6) is 1.05. The minimum atomic E-state index is -3.42. The molecule has 0 bridgehead atoms. The standard InChI is InChI=1S/C18H21N5O3S2/c1-2-15-4-7-18(27-15)28(24,25)22-12-8-14(9-13-22)26-17-6-5-16(20-21-17)23-11-3-10-19-23/h3-7,10-11,14H,2,8-9,12-13H2,1H3. The molecule has 0 atom stereocenters. The molecule has 10 heteroatoms. The van der Waals surface area contributed by atoms with Crippen LogP contribution in [-0.2, 0) is 16.4 Å². The summed E-state index contributed by atoms with van der Waals surface area (Å²) in [6.07, 6.45) is 5.47. The number of piperidine rings is 1. The molecule has 0 spiro atoms. The van der Waals surface area contributed by atoms with E-state index in [1.54, 1.807) is 39.6 Å². The molecule has 3 aromatic heterocycles. The van der Waals surface area contributed by atoms with Crippen LogP contribution in [0.15, 0.2) is 46.9 Å². The Morgan fingerprint density at radius 2 is 2.00 bits per heavy atom. The van der Waals surface area contributed by atoms with E-state index in [2.05, 4.69) is 15.3 Å². The van der Waals surface area contributed by atoms with Crippen LogP contribution in [0.25, 0.3) is 5.82 Å². The largest absolute Gasteiger partial charge is 0.473 e. The van der Waals surface area contributed by atoms with Crippen LogP contribution < -0.4 is 4.74 Å². The monoisotopic (exact) mass is 419 g/mol.